The highest BCUT2D eigenvalue weighted by Crippen LogP contribution is 2.13. The van der Waals surface area contributed by atoms with Gasteiger partial charge in [-0.2, -0.15) is 5.10 Å². The molecular formula is C13H22N4O. The normalized spacial score (nSPS) is 23.9. The summed E-state index contributed by atoms with van der Waals surface area (Å²) in [4.78, 5) is 12.0. The van der Waals surface area contributed by atoms with Crippen LogP contribution < -0.4 is 10.6 Å². The number of rotatable bonds is 3. The highest BCUT2D eigenvalue weighted by Gasteiger charge is 2.19. The van der Waals surface area contributed by atoms with Crippen molar-refractivity contribution in [3.05, 3.63) is 17.5 Å². The smallest absolute Gasteiger partial charge is 0.254 e. The number of hydrogen-bond donors (Lipinski definition) is 2. The third-order valence-electron chi connectivity index (χ3n) is 3.79. The van der Waals surface area contributed by atoms with Crippen molar-refractivity contribution in [3.63, 3.8) is 0 Å². The molecule has 2 rings (SSSR count). The highest BCUT2D eigenvalue weighted by atomic mass is 16.1. The second kappa shape index (κ2) is 5.52. The van der Waals surface area contributed by atoms with Gasteiger partial charge in [-0.1, -0.05) is 0 Å². The van der Waals surface area contributed by atoms with E-state index < -0.39 is 0 Å². The summed E-state index contributed by atoms with van der Waals surface area (Å²) in [6.07, 6.45) is 4.00. The fraction of sp³-hybridized carbons (Fsp3) is 0.692. The summed E-state index contributed by atoms with van der Waals surface area (Å²) in [6, 6.07) is 0.609. The Kier molecular flexibility index (Phi) is 4.01. The van der Waals surface area contributed by atoms with E-state index in [4.69, 9.17) is 0 Å². The molecule has 1 aromatic rings. The topological polar surface area (TPSA) is 59.0 Å². The van der Waals surface area contributed by atoms with Gasteiger partial charge < -0.3 is 10.6 Å². The Balaban J connectivity index is 1.83. The molecule has 100 valence electrons. The van der Waals surface area contributed by atoms with Gasteiger partial charge in [-0.05, 0) is 39.2 Å². The van der Waals surface area contributed by atoms with E-state index in [0.717, 1.165) is 18.8 Å². The van der Waals surface area contributed by atoms with Crippen LogP contribution in [0.3, 0.4) is 0 Å². The molecule has 0 spiro atoms. The van der Waals surface area contributed by atoms with Crippen LogP contribution in [-0.4, -0.2) is 34.8 Å². The summed E-state index contributed by atoms with van der Waals surface area (Å²) in [5.41, 5.74) is 1.58. The molecule has 1 aliphatic rings. The van der Waals surface area contributed by atoms with Crippen molar-refractivity contribution < 1.29 is 4.79 Å². The van der Waals surface area contributed by atoms with Gasteiger partial charge in [0.25, 0.3) is 5.91 Å². The minimum atomic E-state index is -0.0146. The third-order valence-corrected chi connectivity index (χ3v) is 3.79. The lowest BCUT2D eigenvalue weighted by Crippen LogP contribution is -2.42. The molecule has 18 heavy (non-hydrogen) atoms. The predicted molar refractivity (Wildman–Crippen MR) is 70.5 cm³/mol. The average molecular weight is 250 g/mol. The zero-order chi connectivity index (χ0) is 13.1. The van der Waals surface area contributed by atoms with E-state index in [1.165, 1.54) is 12.8 Å². The number of aromatic nitrogens is 2. The first-order valence-electron chi connectivity index (χ1n) is 6.58. The molecule has 1 amide bonds. The number of carbonyl (C=O) groups excluding carboxylic acids is 1. The lowest BCUT2D eigenvalue weighted by atomic mass is 9.95. The van der Waals surface area contributed by atoms with Crippen molar-refractivity contribution in [2.45, 2.75) is 32.7 Å². The maximum absolute atomic E-state index is 12.0. The Bertz CT molecular complexity index is 419. The van der Waals surface area contributed by atoms with E-state index in [2.05, 4.69) is 22.7 Å². The summed E-state index contributed by atoms with van der Waals surface area (Å²) in [5.74, 6) is 0.529. The minimum Gasteiger partial charge on any atom is -0.352 e. The van der Waals surface area contributed by atoms with E-state index in [1.54, 1.807) is 10.9 Å². The molecule has 2 unspecified atom stereocenters. The van der Waals surface area contributed by atoms with Crippen molar-refractivity contribution >= 4 is 5.91 Å². The van der Waals surface area contributed by atoms with Crippen LogP contribution in [0.25, 0.3) is 0 Å². The number of piperidine rings is 1. The molecule has 1 aliphatic heterocycles. The molecule has 2 heterocycles. The van der Waals surface area contributed by atoms with E-state index >= 15 is 0 Å². The van der Waals surface area contributed by atoms with Crippen LogP contribution in [0.1, 0.15) is 35.8 Å². The van der Waals surface area contributed by atoms with Gasteiger partial charge in [0.15, 0.2) is 0 Å². The number of carbonyl (C=O) groups is 1. The minimum absolute atomic E-state index is 0.0146. The summed E-state index contributed by atoms with van der Waals surface area (Å²) in [7, 11) is 1.85. The Labute approximate surface area is 108 Å². The summed E-state index contributed by atoms with van der Waals surface area (Å²) in [6.45, 7) is 5.85. The van der Waals surface area contributed by atoms with E-state index in [0.29, 0.717) is 17.5 Å². The standard InChI is InChI=1S/C13H22N4O/c1-9-4-5-11(6-14-9)7-15-13(18)12-8-16-17(3)10(12)2/h8-9,11,14H,4-7H2,1-3H3,(H,15,18). The molecule has 0 radical (unpaired) electrons. The van der Waals surface area contributed by atoms with Crippen molar-refractivity contribution in [1.82, 2.24) is 20.4 Å². The quantitative estimate of drug-likeness (QED) is 0.836. The van der Waals surface area contributed by atoms with Crippen LogP contribution in [0.5, 0.6) is 0 Å². The summed E-state index contributed by atoms with van der Waals surface area (Å²) >= 11 is 0. The zero-order valence-electron chi connectivity index (χ0n) is 11.4. The van der Waals surface area contributed by atoms with Gasteiger partial charge in [0.05, 0.1) is 11.8 Å². The van der Waals surface area contributed by atoms with Gasteiger partial charge in [0.2, 0.25) is 0 Å². The molecule has 5 nitrogen and oxygen atoms in total. The summed E-state index contributed by atoms with van der Waals surface area (Å²) < 4.78 is 1.72. The average Bonchev–Trinajstić information content (AvgIpc) is 2.69. The number of nitrogens with one attached hydrogen (secondary N) is 2. The first-order chi connectivity index (χ1) is 8.58. The number of nitrogens with zero attached hydrogens (tertiary/aromatic N) is 2. The van der Waals surface area contributed by atoms with Crippen LogP contribution in [-0.2, 0) is 7.05 Å². The SMILES string of the molecule is Cc1c(C(=O)NCC2CCC(C)NC2)cnn1C. The Morgan fingerprint density at radius 2 is 2.39 bits per heavy atom. The van der Waals surface area contributed by atoms with Gasteiger partial charge in [-0.25, -0.2) is 0 Å². The third kappa shape index (κ3) is 2.90. The Morgan fingerprint density at radius 1 is 1.61 bits per heavy atom. The molecule has 5 heteroatoms. The molecule has 0 aromatic carbocycles. The molecule has 1 aromatic heterocycles. The van der Waals surface area contributed by atoms with Crippen LogP contribution in [0.15, 0.2) is 6.20 Å². The zero-order valence-corrected chi connectivity index (χ0v) is 11.4. The highest BCUT2D eigenvalue weighted by molar-refractivity contribution is 5.94. The van der Waals surface area contributed by atoms with E-state index in [9.17, 15) is 4.79 Å². The maximum atomic E-state index is 12.0. The van der Waals surface area contributed by atoms with E-state index in [1.807, 2.05) is 14.0 Å². The van der Waals surface area contributed by atoms with Crippen molar-refractivity contribution in [2.75, 3.05) is 13.1 Å². The molecule has 0 aliphatic carbocycles. The summed E-state index contributed by atoms with van der Waals surface area (Å²) in [5, 5.41) is 10.5. The molecule has 1 saturated heterocycles. The van der Waals surface area contributed by atoms with Crippen LogP contribution in [0, 0.1) is 12.8 Å². The Morgan fingerprint density at radius 3 is 2.94 bits per heavy atom. The second-order valence-electron chi connectivity index (χ2n) is 5.23. The first kappa shape index (κ1) is 13.1. The second-order valence-corrected chi connectivity index (χ2v) is 5.23. The molecule has 1 fully saturated rings. The molecule has 0 bridgehead atoms. The molecular weight excluding hydrogens is 228 g/mol. The largest absolute Gasteiger partial charge is 0.352 e. The lowest BCUT2D eigenvalue weighted by Gasteiger charge is -2.27. The molecule has 2 atom stereocenters. The van der Waals surface area contributed by atoms with Crippen LogP contribution in [0.4, 0.5) is 0 Å². The Hall–Kier alpha value is -1.36. The van der Waals surface area contributed by atoms with Gasteiger partial charge >= 0.3 is 0 Å². The van der Waals surface area contributed by atoms with Crippen molar-refractivity contribution in [2.24, 2.45) is 13.0 Å². The fourth-order valence-electron chi connectivity index (χ4n) is 2.29. The monoisotopic (exact) mass is 250 g/mol. The lowest BCUT2D eigenvalue weighted by molar-refractivity contribution is 0.0943. The van der Waals surface area contributed by atoms with Crippen LogP contribution in [0.2, 0.25) is 0 Å². The molecule has 0 saturated carbocycles. The maximum Gasteiger partial charge on any atom is 0.254 e. The number of aryl methyl sites for hydroxylation is 1. The predicted octanol–water partition coefficient (Wildman–Crippen LogP) is 0.846. The first-order valence-corrected chi connectivity index (χ1v) is 6.58. The van der Waals surface area contributed by atoms with E-state index in [-0.39, 0.29) is 5.91 Å². The van der Waals surface area contributed by atoms with Gasteiger partial charge in [-0.3, -0.25) is 9.48 Å². The van der Waals surface area contributed by atoms with Gasteiger partial charge in [0, 0.05) is 25.3 Å². The number of hydrogen-bond acceptors (Lipinski definition) is 3. The molecule has 2 N–H and O–H groups in total. The van der Waals surface area contributed by atoms with Gasteiger partial charge in [-0.15, -0.1) is 0 Å². The van der Waals surface area contributed by atoms with Crippen molar-refractivity contribution in [1.29, 1.82) is 0 Å². The van der Waals surface area contributed by atoms with Crippen molar-refractivity contribution in [3.8, 4) is 0 Å². The van der Waals surface area contributed by atoms with Gasteiger partial charge in [0.1, 0.15) is 0 Å². The van der Waals surface area contributed by atoms with Crippen LogP contribution >= 0.6 is 0 Å². The number of amides is 1. The fourth-order valence-corrected chi connectivity index (χ4v) is 2.29.